The first-order valence-corrected chi connectivity index (χ1v) is 10.8. The summed E-state index contributed by atoms with van der Waals surface area (Å²) in [7, 11) is 0. The van der Waals surface area contributed by atoms with Crippen LogP contribution in [0.1, 0.15) is 50.3 Å². The van der Waals surface area contributed by atoms with Crippen LogP contribution in [0.4, 0.5) is 0 Å². The molecule has 2 heterocycles. The average molecular weight is 378 g/mol. The summed E-state index contributed by atoms with van der Waals surface area (Å²) in [5, 5.41) is 8.06. The van der Waals surface area contributed by atoms with E-state index in [-0.39, 0.29) is 17.7 Å². The van der Waals surface area contributed by atoms with E-state index in [1.807, 2.05) is 0 Å². The number of carbonyl (C=O) groups is 2. The van der Waals surface area contributed by atoms with E-state index >= 15 is 0 Å². The molecule has 0 radical (unpaired) electrons. The normalized spacial score (nSPS) is 22.9. The van der Waals surface area contributed by atoms with Gasteiger partial charge in [0.1, 0.15) is 6.04 Å². The Balaban J connectivity index is 1.38. The van der Waals surface area contributed by atoms with Crippen molar-refractivity contribution < 1.29 is 9.59 Å². The monoisotopic (exact) mass is 377 g/mol. The van der Waals surface area contributed by atoms with Crippen LogP contribution in [0.2, 0.25) is 0 Å². The van der Waals surface area contributed by atoms with Gasteiger partial charge in [0.25, 0.3) is 0 Å². The number of thiophene rings is 1. The first-order chi connectivity index (χ1) is 12.6. The molecule has 1 aromatic rings. The van der Waals surface area contributed by atoms with Crippen molar-refractivity contribution in [3.8, 4) is 0 Å². The van der Waals surface area contributed by atoms with E-state index in [0.717, 1.165) is 51.7 Å². The summed E-state index contributed by atoms with van der Waals surface area (Å²) >= 11 is 1.80. The van der Waals surface area contributed by atoms with Crippen molar-refractivity contribution in [2.24, 2.45) is 11.8 Å². The SMILES string of the molecule is CC(NC(=O)C1CCCC1)C(=O)NCC1CCCN(Cc2cccs2)C1. The molecule has 1 aliphatic carbocycles. The lowest BCUT2D eigenvalue weighted by molar-refractivity contribution is -0.130. The number of carbonyl (C=O) groups excluding carboxylic acids is 2. The van der Waals surface area contributed by atoms with Gasteiger partial charge in [0.2, 0.25) is 11.8 Å². The highest BCUT2D eigenvalue weighted by molar-refractivity contribution is 7.09. The molecule has 6 heteroatoms. The number of nitrogens with one attached hydrogen (secondary N) is 2. The molecule has 2 amide bonds. The summed E-state index contributed by atoms with van der Waals surface area (Å²) in [6.45, 7) is 5.66. The zero-order valence-electron chi connectivity index (χ0n) is 15.7. The third kappa shape index (κ3) is 5.55. The van der Waals surface area contributed by atoms with Crippen LogP contribution >= 0.6 is 11.3 Å². The molecule has 0 bridgehead atoms. The van der Waals surface area contributed by atoms with E-state index in [1.165, 1.54) is 11.3 Å². The van der Waals surface area contributed by atoms with E-state index in [9.17, 15) is 9.59 Å². The second-order valence-corrected chi connectivity index (χ2v) is 8.81. The van der Waals surface area contributed by atoms with Gasteiger partial charge in [0.05, 0.1) is 0 Å². The fourth-order valence-corrected chi connectivity index (χ4v) is 4.81. The third-order valence-corrected chi connectivity index (χ3v) is 6.47. The molecule has 5 nitrogen and oxygen atoms in total. The second kappa shape index (κ2) is 9.51. The number of piperidine rings is 1. The largest absolute Gasteiger partial charge is 0.354 e. The van der Waals surface area contributed by atoms with Gasteiger partial charge in [-0.2, -0.15) is 0 Å². The smallest absolute Gasteiger partial charge is 0.242 e. The molecule has 2 aliphatic rings. The molecule has 2 fully saturated rings. The van der Waals surface area contributed by atoms with E-state index in [4.69, 9.17) is 0 Å². The lowest BCUT2D eigenvalue weighted by Gasteiger charge is -2.32. The molecule has 2 N–H and O–H groups in total. The molecule has 0 aromatic carbocycles. The highest BCUT2D eigenvalue weighted by atomic mass is 32.1. The number of nitrogens with zero attached hydrogens (tertiary/aromatic N) is 1. The van der Waals surface area contributed by atoms with E-state index < -0.39 is 6.04 Å². The maximum Gasteiger partial charge on any atom is 0.242 e. The van der Waals surface area contributed by atoms with Crippen LogP contribution in [0, 0.1) is 11.8 Å². The first kappa shape index (κ1) is 19.4. The van der Waals surface area contributed by atoms with Crippen LogP contribution in [0.3, 0.4) is 0 Å². The van der Waals surface area contributed by atoms with Gasteiger partial charge in [-0.25, -0.2) is 0 Å². The molecule has 144 valence electrons. The van der Waals surface area contributed by atoms with E-state index in [0.29, 0.717) is 12.5 Å². The van der Waals surface area contributed by atoms with Crippen LogP contribution in [-0.2, 0) is 16.1 Å². The molecular formula is C20H31N3O2S. The predicted octanol–water partition coefficient (Wildman–Crippen LogP) is 2.77. The predicted molar refractivity (Wildman–Crippen MR) is 105 cm³/mol. The molecule has 26 heavy (non-hydrogen) atoms. The van der Waals surface area contributed by atoms with Gasteiger partial charge in [-0.3, -0.25) is 14.5 Å². The highest BCUT2D eigenvalue weighted by Crippen LogP contribution is 2.24. The molecule has 1 aliphatic heterocycles. The summed E-state index contributed by atoms with van der Waals surface area (Å²) in [6, 6.07) is 3.84. The van der Waals surface area contributed by atoms with Crippen molar-refractivity contribution in [1.29, 1.82) is 0 Å². The van der Waals surface area contributed by atoms with Crippen molar-refractivity contribution in [2.45, 2.75) is 58.0 Å². The molecular weight excluding hydrogens is 346 g/mol. The zero-order chi connectivity index (χ0) is 18.4. The van der Waals surface area contributed by atoms with Crippen LogP contribution < -0.4 is 10.6 Å². The number of hydrogen-bond donors (Lipinski definition) is 2. The summed E-state index contributed by atoms with van der Waals surface area (Å²) in [5.74, 6) is 0.580. The molecule has 2 unspecified atom stereocenters. The van der Waals surface area contributed by atoms with Crippen molar-refractivity contribution in [3.05, 3.63) is 22.4 Å². The topological polar surface area (TPSA) is 61.4 Å². The van der Waals surface area contributed by atoms with Gasteiger partial charge >= 0.3 is 0 Å². The summed E-state index contributed by atoms with van der Waals surface area (Å²) in [4.78, 5) is 28.4. The molecule has 0 spiro atoms. The summed E-state index contributed by atoms with van der Waals surface area (Å²) < 4.78 is 0. The van der Waals surface area contributed by atoms with Crippen LogP contribution in [0.15, 0.2) is 17.5 Å². The highest BCUT2D eigenvalue weighted by Gasteiger charge is 2.26. The Kier molecular flexibility index (Phi) is 7.08. The maximum absolute atomic E-state index is 12.3. The van der Waals surface area contributed by atoms with Gasteiger partial charge in [-0.05, 0) is 56.5 Å². The van der Waals surface area contributed by atoms with Crippen molar-refractivity contribution in [2.75, 3.05) is 19.6 Å². The Morgan fingerprint density at radius 3 is 2.81 bits per heavy atom. The maximum atomic E-state index is 12.3. The molecule has 2 atom stereocenters. The Morgan fingerprint density at radius 1 is 1.27 bits per heavy atom. The third-order valence-electron chi connectivity index (χ3n) is 5.61. The minimum absolute atomic E-state index is 0.0462. The first-order valence-electron chi connectivity index (χ1n) is 9.94. The van der Waals surface area contributed by atoms with Crippen molar-refractivity contribution in [1.82, 2.24) is 15.5 Å². The average Bonchev–Trinajstić information content (AvgIpc) is 3.33. The van der Waals surface area contributed by atoms with Crippen molar-refractivity contribution >= 4 is 23.2 Å². The van der Waals surface area contributed by atoms with E-state index in [1.54, 1.807) is 18.3 Å². The summed E-state index contributed by atoms with van der Waals surface area (Å²) in [6.07, 6.45) is 6.51. The number of hydrogen-bond acceptors (Lipinski definition) is 4. The fraction of sp³-hybridized carbons (Fsp3) is 0.700. The van der Waals surface area contributed by atoms with Gasteiger partial charge < -0.3 is 10.6 Å². The lowest BCUT2D eigenvalue weighted by atomic mass is 9.98. The number of rotatable bonds is 7. The van der Waals surface area contributed by atoms with Gasteiger partial charge in [0.15, 0.2) is 0 Å². The Hall–Kier alpha value is -1.40. The van der Waals surface area contributed by atoms with Gasteiger partial charge in [-0.1, -0.05) is 18.9 Å². The molecule has 1 saturated heterocycles. The van der Waals surface area contributed by atoms with Crippen LogP contribution in [0.5, 0.6) is 0 Å². The zero-order valence-corrected chi connectivity index (χ0v) is 16.5. The molecule has 1 saturated carbocycles. The Bertz CT molecular complexity index is 584. The van der Waals surface area contributed by atoms with Crippen LogP contribution in [0.25, 0.3) is 0 Å². The second-order valence-electron chi connectivity index (χ2n) is 7.78. The number of amides is 2. The number of likely N-dealkylation sites (tertiary alicyclic amines) is 1. The van der Waals surface area contributed by atoms with Crippen molar-refractivity contribution in [3.63, 3.8) is 0 Å². The molecule has 1 aromatic heterocycles. The minimum Gasteiger partial charge on any atom is -0.354 e. The standard InChI is InChI=1S/C20H31N3O2S/c1-15(22-20(25)17-7-2-3-8-17)19(24)21-12-16-6-4-10-23(13-16)14-18-9-5-11-26-18/h5,9,11,15-17H,2-4,6-8,10,12-14H2,1H3,(H,21,24)(H,22,25). The van der Waals surface area contributed by atoms with Crippen LogP contribution in [-0.4, -0.2) is 42.4 Å². The Morgan fingerprint density at radius 2 is 2.08 bits per heavy atom. The fourth-order valence-electron chi connectivity index (χ4n) is 4.07. The molecule has 3 rings (SSSR count). The summed E-state index contributed by atoms with van der Waals surface area (Å²) in [5.41, 5.74) is 0. The quantitative estimate of drug-likeness (QED) is 0.768. The Labute approximate surface area is 160 Å². The van der Waals surface area contributed by atoms with E-state index in [2.05, 4.69) is 33.0 Å². The van der Waals surface area contributed by atoms with Gasteiger partial charge in [0, 0.05) is 30.4 Å². The minimum atomic E-state index is -0.450. The van der Waals surface area contributed by atoms with Gasteiger partial charge in [-0.15, -0.1) is 11.3 Å². The lowest BCUT2D eigenvalue weighted by Crippen LogP contribution is -2.48.